The Bertz CT molecular complexity index is 725. The maximum Gasteiger partial charge on any atom is 0.262 e. The summed E-state index contributed by atoms with van der Waals surface area (Å²) in [5.74, 6) is 0.612. The van der Waals surface area contributed by atoms with Crippen LogP contribution < -0.4 is 5.56 Å². The topological polar surface area (TPSA) is 34.9 Å². The van der Waals surface area contributed by atoms with E-state index >= 15 is 0 Å². The van der Waals surface area contributed by atoms with E-state index in [1.807, 2.05) is 0 Å². The molecule has 1 aromatic carbocycles. The third-order valence-corrected chi connectivity index (χ3v) is 4.70. The van der Waals surface area contributed by atoms with Gasteiger partial charge in [-0.3, -0.25) is 9.36 Å². The summed E-state index contributed by atoms with van der Waals surface area (Å²) in [6.45, 7) is 3.90. The molecule has 1 saturated carbocycles. The van der Waals surface area contributed by atoms with Gasteiger partial charge in [0.15, 0.2) is 0 Å². The molecule has 0 N–H and O–H groups in total. The fourth-order valence-electron chi connectivity index (χ4n) is 2.76. The highest BCUT2D eigenvalue weighted by Crippen LogP contribution is 2.38. The van der Waals surface area contributed by atoms with Gasteiger partial charge in [0.1, 0.15) is 17.2 Å². The summed E-state index contributed by atoms with van der Waals surface area (Å²) >= 11 is 3.32. The maximum absolute atomic E-state index is 13.8. The van der Waals surface area contributed by atoms with E-state index in [-0.39, 0.29) is 17.1 Å². The molecule has 1 aliphatic carbocycles. The Labute approximate surface area is 118 Å². The van der Waals surface area contributed by atoms with Crippen molar-refractivity contribution < 1.29 is 4.39 Å². The van der Waals surface area contributed by atoms with E-state index in [0.29, 0.717) is 21.6 Å². The molecule has 1 fully saturated rings. The van der Waals surface area contributed by atoms with Crippen LogP contribution in [0, 0.1) is 18.7 Å². The summed E-state index contributed by atoms with van der Waals surface area (Å²) in [4.78, 5) is 16.9. The van der Waals surface area contributed by atoms with E-state index < -0.39 is 5.82 Å². The number of aryl methyl sites for hydroxylation is 1. The van der Waals surface area contributed by atoms with Gasteiger partial charge in [0, 0.05) is 10.5 Å². The minimum absolute atomic E-state index is 0.148. The average Bonchev–Trinajstić information content (AvgIpc) is 2.36. The van der Waals surface area contributed by atoms with Crippen LogP contribution in [0.2, 0.25) is 0 Å². The molecule has 3 rings (SSSR count). The van der Waals surface area contributed by atoms with E-state index in [1.54, 1.807) is 17.6 Å². The zero-order valence-corrected chi connectivity index (χ0v) is 12.4. The Morgan fingerprint density at radius 3 is 2.74 bits per heavy atom. The van der Waals surface area contributed by atoms with Gasteiger partial charge in [0.05, 0.1) is 5.39 Å². The highest BCUT2D eigenvalue weighted by molar-refractivity contribution is 9.10. The van der Waals surface area contributed by atoms with Crippen molar-refractivity contribution in [2.24, 2.45) is 5.92 Å². The zero-order valence-electron chi connectivity index (χ0n) is 10.8. The molecule has 0 unspecified atom stereocenters. The van der Waals surface area contributed by atoms with Crippen LogP contribution >= 0.6 is 15.9 Å². The van der Waals surface area contributed by atoms with Crippen molar-refractivity contribution in [1.29, 1.82) is 0 Å². The second-order valence-corrected chi connectivity index (χ2v) is 6.06. The highest BCUT2D eigenvalue weighted by Gasteiger charge is 2.31. The van der Waals surface area contributed by atoms with Crippen LogP contribution in [0.15, 0.2) is 21.4 Å². The second-order valence-electron chi connectivity index (χ2n) is 5.21. The van der Waals surface area contributed by atoms with Crippen molar-refractivity contribution >= 4 is 26.8 Å². The lowest BCUT2D eigenvalue weighted by molar-refractivity contribution is 0.193. The first-order valence-corrected chi connectivity index (χ1v) is 7.17. The lowest BCUT2D eigenvalue weighted by Gasteiger charge is -2.36. The van der Waals surface area contributed by atoms with Crippen LogP contribution in [0.25, 0.3) is 10.9 Å². The van der Waals surface area contributed by atoms with E-state index in [1.165, 1.54) is 6.07 Å². The number of hydrogen-bond donors (Lipinski definition) is 0. The van der Waals surface area contributed by atoms with Crippen LogP contribution in [0.4, 0.5) is 4.39 Å². The lowest BCUT2D eigenvalue weighted by atomic mass is 9.81. The molecule has 1 aliphatic rings. The van der Waals surface area contributed by atoms with Crippen LogP contribution in [-0.2, 0) is 0 Å². The van der Waals surface area contributed by atoms with Crippen molar-refractivity contribution in [3.63, 3.8) is 0 Å². The van der Waals surface area contributed by atoms with Gasteiger partial charge < -0.3 is 0 Å². The summed E-state index contributed by atoms with van der Waals surface area (Å²) in [6.07, 6.45) is 2.11. The summed E-state index contributed by atoms with van der Waals surface area (Å²) in [6, 6.07) is 3.08. The number of hydrogen-bond acceptors (Lipinski definition) is 2. The molecule has 19 heavy (non-hydrogen) atoms. The molecule has 100 valence electrons. The van der Waals surface area contributed by atoms with Crippen molar-refractivity contribution in [1.82, 2.24) is 9.55 Å². The third-order valence-electron chi connectivity index (χ3n) is 4.04. The maximum atomic E-state index is 13.8. The van der Waals surface area contributed by atoms with Gasteiger partial charge in [-0.15, -0.1) is 0 Å². The fraction of sp³-hybridized carbons (Fsp3) is 0.429. The van der Waals surface area contributed by atoms with Crippen LogP contribution in [0.5, 0.6) is 0 Å². The summed E-state index contributed by atoms with van der Waals surface area (Å²) < 4.78 is 16.1. The Balaban J connectivity index is 2.37. The average molecular weight is 325 g/mol. The number of rotatable bonds is 1. The molecule has 1 aromatic heterocycles. The molecule has 0 saturated heterocycles. The van der Waals surface area contributed by atoms with E-state index in [2.05, 4.69) is 27.8 Å². The molecule has 0 spiro atoms. The summed E-state index contributed by atoms with van der Waals surface area (Å²) in [7, 11) is 0. The van der Waals surface area contributed by atoms with Gasteiger partial charge in [-0.05, 0) is 53.7 Å². The quantitative estimate of drug-likeness (QED) is 0.803. The largest absolute Gasteiger partial charge is 0.293 e. The monoisotopic (exact) mass is 324 g/mol. The highest BCUT2D eigenvalue weighted by atomic mass is 79.9. The molecular weight excluding hydrogens is 311 g/mol. The molecule has 3 nitrogen and oxygen atoms in total. The van der Waals surface area contributed by atoms with Crippen LogP contribution in [0.1, 0.15) is 31.6 Å². The molecule has 2 aromatic rings. The smallest absolute Gasteiger partial charge is 0.262 e. The van der Waals surface area contributed by atoms with Gasteiger partial charge in [0.2, 0.25) is 0 Å². The number of benzene rings is 1. The molecule has 1 heterocycles. The molecule has 2 atom stereocenters. The fourth-order valence-corrected chi connectivity index (χ4v) is 3.25. The standard InChI is InChI=1S/C14H14BrFN2O/c1-7-3-6-11(7)18-8(2)17-13-10(16)5-4-9(15)12(13)14(18)19/h4-5,7,11H,3,6H2,1-2H3/t7-,11-/m0/s1. The minimum Gasteiger partial charge on any atom is -0.293 e. The van der Waals surface area contributed by atoms with E-state index in [9.17, 15) is 9.18 Å². The molecule has 0 amide bonds. The van der Waals surface area contributed by atoms with Crippen molar-refractivity contribution in [2.75, 3.05) is 0 Å². The van der Waals surface area contributed by atoms with Gasteiger partial charge in [-0.1, -0.05) is 6.92 Å². The first-order chi connectivity index (χ1) is 9.00. The van der Waals surface area contributed by atoms with Crippen molar-refractivity contribution in [3.05, 3.63) is 38.6 Å². The minimum atomic E-state index is -0.452. The van der Waals surface area contributed by atoms with Crippen LogP contribution in [0.3, 0.4) is 0 Å². The number of halogens is 2. The van der Waals surface area contributed by atoms with Crippen molar-refractivity contribution in [2.45, 2.75) is 32.7 Å². The molecular formula is C14H14BrFN2O. The SMILES string of the molecule is Cc1nc2c(F)ccc(Br)c2c(=O)n1[C@H]1CC[C@@H]1C. The molecule has 0 aliphatic heterocycles. The Kier molecular flexibility index (Phi) is 2.96. The van der Waals surface area contributed by atoms with E-state index in [0.717, 1.165) is 12.8 Å². The Morgan fingerprint density at radius 1 is 1.42 bits per heavy atom. The number of aromatic nitrogens is 2. The summed E-state index contributed by atoms with van der Waals surface area (Å²) in [5, 5.41) is 0.338. The molecule has 0 bridgehead atoms. The molecule has 0 radical (unpaired) electrons. The zero-order chi connectivity index (χ0) is 13.7. The number of nitrogens with zero attached hydrogens (tertiary/aromatic N) is 2. The summed E-state index contributed by atoms with van der Waals surface area (Å²) in [5.41, 5.74) is 0.00512. The van der Waals surface area contributed by atoms with Crippen LogP contribution in [-0.4, -0.2) is 9.55 Å². The van der Waals surface area contributed by atoms with E-state index in [4.69, 9.17) is 0 Å². The van der Waals surface area contributed by atoms with Gasteiger partial charge in [0.25, 0.3) is 5.56 Å². The first-order valence-electron chi connectivity index (χ1n) is 6.37. The van der Waals surface area contributed by atoms with Crippen molar-refractivity contribution in [3.8, 4) is 0 Å². The lowest BCUT2D eigenvalue weighted by Crippen LogP contribution is -2.36. The molecule has 5 heteroatoms. The third kappa shape index (κ3) is 1.83. The predicted octanol–water partition coefficient (Wildman–Crippen LogP) is 3.58. The van der Waals surface area contributed by atoms with Gasteiger partial charge in [-0.2, -0.15) is 0 Å². The Hall–Kier alpha value is -1.23. The first kappa shape index (κ1) is 12.8. The number of fused-ring (bicyclic) bond motifs is 1. The van der Waals surface area contributed by atoms with Gasteiger partial charge >= 0.3 is 0 Å². The predicted molar refractivity (Wildman–Crippen MR) is 75.8 cm³/mol. The normalized spacial score (nSPS) is 22.5. The van der Waals surface area contributed by atoms with Gasteiger partial charge in [-0.25, -0.2) is 9.37 Å². The Morgan fingerprint density at radius 2 is 2.16 bits per heavy atom. The second kappa shape index (κ2) is 4.40.